The molecule has 0 unspecified atom stereocenters. The Morgan fingerprint density at radius 3 is 2.70 bits per heavy atom. The van der Waals surface area contributed by atoms with E-state index in [-0.39, 0.29) is 6.09 Å². The van der Waals surface area contributed by atoms with Crippen molar-refractivity contribution >= 4 is 6.09 Å². The summed E-state index contributed by atoms with van der Waals surface area (Å²) in [5.74, 6) is 0.887. The van der Waals surface area contributed by atoms with E-state index >= 15 is 0 Å². The van der Waals surface area contributed by atoms with Gasteiger partial charge in [-0.1, -0.05) is 6.92 Å². The third-order valence-corrected chi connectivity index (χ3v) is 3.65. The second kappa shape index (κ2) is 7.72. The lowest BCUT2D eigenvalue weighted by molar-refractivity contribution is 0.0257. The highest BCUT2D eigenvalue weighted by molar-refractivity contribution is 5.68. The Balaban J connectivity index is 1.88. The smallest absolute Gasteiger partial charge is 0.410 e. The molecule has 1 fully saturated rings. The number of rotatable bonds is 4. The summed E-state index contributed by atoms with van der Waals surface area (Å²) >= 11 is 0. The fourth-order valence-corrected chi connectivity index (χ4v) is 2.56. The number of aromatic nitrogens is 4. The molecule has 8 heteroatoms. The van der Waals surface area contributed by atoms with Crippen molar-refractivity contribution in [2.75, 3.05) is 26.2 Å². The third kappa shape index (κ3) is 5.46. The van der Waals surface area contributed by atoms with Crippen LogP contribution in [-0.2, 0) is 17.8 Å². The summed E-state index contributed by atoms with van der Waals surface area (Å²) in [4.78, 5) is 16.3. The Morgan fingerprint density at radius 2 is 2.00 bits per heavy atom. The lowest BCUT2D eigenvalue weighted by Gasteiger charge is -2.26. The number of nitrogens with zero attached hydrogens (tertiary/aromatic N) is 6. The normalized spacial score (nSPS) is 17.1. The first-order valence-corrected chi connectivity index (χ1v) is 8.34. The summed E-state index contributed by atoms with van der Waals surface area (Å²) in [6.07, 6.45) is 1.70. The van der Waals surface area contributed by atoms with Crippen LogP contribution >= 0.6 is 0 Å². The van der Waals surface area contributed by atoms with Crippen molar-refractivity contribution in [1.29, 1.82) is 0 Å². The first kappa shape index (κ1) is 17.7. The van der Waals surface area contributed by atoms with Crippen LogP contribution < -0.4 is 0 Å². The molecule has 23 heavy (non-hydrogen) atoms. The molecular weight excluding hydrogens is 296 g/mol. The molecule has 1 aliphatic heterocycles. The van der Waals surface area contributed by atoms with Crippen molar-refractivity contribution in [1.82, 2.24) is 30.0 Å². The molecule has 2 rings (SSSR count). The average molecular weight is 324 g/mol. The molecular formula is C15H28N6O2. The maximum atomic E-state index is 12.2. The van der Waals surface area contributed by atoms with Gasteiger partial charge in [-0.05, 0) is 44.0 Å². The van der Waals surface area contributed by atoms with Gasteiger partial charge in [0.05, 0.1) is 6.54 Å². The second-order valence-corrected chi connectivity index (χ2v) is 6.92. The van der Waals surface area contributed by atoms with E-state index in [0.717, 1.165) is 51.4 Å². The Morgan fingerprint density at radius 1 is 1.22 bits per heavy atom. The summed E-state index contributed by atoms with van der Waals surface area (Å²) < 4.78 is 7.31. The van der Waals surface area contributed by atoms with Crippen LogP contribution in [-0.4, -0.2) is 67.9 Å². The molecule has 1 saturated heterocycles. The first-order chi connectivity index (χ1) is 10.9. The quantitative estimate of drug-likeness (QED) is 0.836. The minimum Gasteiger partial charge on any atom is -0.444 e. The highest BCUT2D eigenvalue weighted by atomic mass is 16.6. The van der Waals surface area contributed by atoms with Gasteiger partial charge in [-0.25, -0.2) is 9.48 Å². The number of aryl methyl sites for hydroxylation is 1. The highest BCUT2D eigenvalue weighted by Crippen LogP contribution is 2.13. The number of hydrogen-bond acceptors (Lipinski definition) is 6. The van der Waals surface area contributed by atoms with Gasteiger partial charge in [0.1, 0.15) is 5.60 Å². The van der Waals surface area contributed by atoms with Crippen molar-refractivity contribution in [3.63, 3.8) is 0 Å². The van der Waals surface area contributed by atoms with E-state index in [4.69, 9.17) is 4.74 Å². The van der Waals surface area contributed by atoms with E-state index in [0.29, 0.717) is 6.54 Å². The summed E-state index contributed by atoms with van der Waals surface area (Å²) in [7, 11) is 0. The van der Waals surface area contributed by atoms with Gasteiger partial charge >= 0.3 is 6.09 Å². The van der Waals surface area contributed by atoms with Crippen molar-refractivity contribution < 1.29 is 9.53 Å². The minimum absolute atomic E-state index is 0.227. The molecule has 0 aromatic carbocycles. The summed E-state index contributed by atoms with van der Waals surface area (Å²) in [6, 6.07) is 0. The highest BCUT2D eigenvalue weighted by Gasteiger charge is 2.25. The molecule has 8 nitrogen and oxygen atoms in total. The zero-order valence-electron chi connectivity index (χ0n) is 14.7. The zero-order chi connectivity index (χ0) is 16.9. The molecule has 1 aromatic rings. The largest absolute Gasteiger partial charge is 0.444 e. The molecule has 0 atom stereocenters. The summed E-state index contributed by atoms with van der Waals surface area (Å²) in [6.45, 7) is 12.5. The summed E-state index contributed by atoms with van der Waals surface area (Å²) in [5.41, 5.74) is -0.453. The van der Waals surface area contributed by atoms with Crippen LogP contribution in [0, 0.1) is 0 Å². The van der Waals surface area contributed by atoms with E-state index < -0.39 is 5.60 Å². The molecule has 0 spiro atoms. The van der Waals surface area contributed by atoms with Crippen molar-refractivity contribution in [2.45, 2.75) is 59.2 Å². The van der Waals surface area contributed by atoms with Gasteiger partial charge in [0.2, 0.25) is 0 Å². The van der Waals surface area contributed by atoms with Crippen LogP contribution in [0.4, 0.5) is 4.79 Å². The molecule has 0 saturated carbocycles. The van der Waals surface area contributed by atoms with Crippen molar-refractivity contribution in [3.05, 3.63) is 5.82 Å². The standard InChI is InChI=1S/C15H28N6O2/c1-5-7-21-13(16-17-18-21)12-19-8-6-9-20(11-10-19)14(22)23-15(2,3)4/h5-12H2,1-4H3. The lowest BCUT2D eigenvalue weighted by Crippen LogP contribution is -2.39. The van der Waals surface area contributed by atoms with E-state index in [1.54, 1.807) is 4.90 Å². The van der Waals surface area contributed by atoms with E-state index in [1.807, 2.05) is 25.5 Å². The van der Waals surface area contributed by atoms with Gasteiger partial charge in [0, 0.05) is 32.7 Å². The van der Waals surface area contributed by atoms with Crippen molar-refractivity contribution in [2.24, 2.45) is 0 Å². The molecule has 0 N–H and O–H groups in total. The van der Waals surface area contributed by atoms with Gasteiger partial charge in [-0.2, -0.15) is 0 Å². The van der Waals surface area contributed by atoms with Gasteiger partial charge < -0.3 is 9.64 Å². The van der Waals surface area contributed by atoms with Crippen LogP contribution in [0.5, 0.6) is 0 Å². The van der Waals surface area contributed by atoms with Crippen LogP contribution in [0.25, 0.3) is 0 Å². The van der Waals surface area contributed by atoms with Crippen LogP contribution in [0.2, 0.25) is 0 Å². The number of carbonyl (C=O) groups is 1. The number of hydrogen-bond donors (Lipinski definition) is 0. The predicted molar refractivity (Wildman–Crippen MR) is 85.8 cm³/mol. The maximum absolute atomic E-state index is 12.2. The van der Waals surface area contributed by atoms with E-state index in [1.165, 1.54) is 0 Å². The lowest BCUT2D eigenvalue weighted by atomic mass is 10.2. The SMILES string of the molecule is CCCn1nnnc1CN1CCCN(C(=O)OC(C)(C)C)CC1. The molecule has 1 aliphatic rings. The van der Waals surface area contributed by atoms with Crippen molar-refractivity contribution in [3.8, 4) is 0 Å². The third-order valence-electron chi connectivity index (χ3n) is 3.65. The van der Waals surface area contributed by atoms with Crippen LogP contribution in [0.1, 0.15) is 46.4 Å². The van der Waals surface area contributed by atoms with Gasteiger partial charge in [0.25, 0.3) is 0 Å². The zero-order valence-corrected chi connectivity index (χ0v) is 14.7. The molecule has 1 amide bonds. The van der Waals surface area contributed by atoms with Crippen LogP contribution in [0.15, 0.2) is 0 Å². The topological polar surface area (TPSA) is 76.4 Å². The second-order valence-electron chi connectivity index (χ2n) is 6.92. The molecule has 1 aromatic heterocycles. The maximum Gasteiger partial charge on any atom is 0.410 e. The molecule has 0 bridgehead atoms. The molecule has 0 aliphatic carbocycles. The number of amides is 1. The minimum atomic E-state index is -0.453. The Labute approximate surface area is 137 Å². The van der Waals surface area contributed by atoms with E-state index in [2.05, 4.69) is 27.3 Å². The Kier molecular flexibility index (Phi) is 5.92. The monoisotopic (exact) mass is 324 g/mol. The molecule has 0 radical (unpaired) electrons. The van der Waals surface area contributed by atoms with Crippen LogP contribution in [0.3, 0.4) is 0 Å². The number of carbonyl (C=O) groups excluding carboxylic acids is 1. The van der Waals surface area contributed by atoms with E-state index in [9.17, 15) is 4.79 Å². The predicted octanol–water partition coefficient (Wildman–Crippen LogP) is 1.53. The Bertz CT molecular complexity index is 510. The number of tetrazole rings is 1. The Hall–Kier alpha value is -1.70. The number of ether oxygens (including phenoxy) is 1. The molecule has 130 valence electrons. The fourth-order valence-electron chi connectivity index (χ4n) is 2.56. The first-order valence-electron chi connectivity index (χ1n) is 8.34. The molecule has 2 heterocycles. The fraction of sp³-hybridized carbons (Fsp3) is 0.867. The average Bonchev–Trinajstić information content (AvgIpc) is 2.74. The summed E-state index contributed by atoms with van der Waals surface area (Å²) in [5, 5.41) is 11.9. The van der Waals surface area contributed by atoms with Gasteiger partial charge in [-0.3, -0.25) is 4.90 Å². The van der Waals surface area contributed by atoms with Gasteiger partial charge in [0.15, 0.2) is 5.82 Å². The van der Waals surface area contributed by atoms with Gasteiger partial charge in [-0.15, -0.1) is 5.10 Å².